The quantitative estimate of drug-likeness (QED) is 0.242. The summed E-state index contributed by atoms with van der Waals surface area (Å²) in [6, 6.07) is 0. The van der Waals surface area contributed by atoms with Crippen LogP contribution < -0.4 is 0 Å². The predicted molar refractivity (Wildman–Crippen MR) is 113 cm³/mol. The minimum Gasteiger partial charge on any atom is -0.461 e. The summed E-state index contributed by atoms with van der Waals surface area (Å²) < 4.78 is 12.1. The van der Waals surface area contributed by atoms with Crippen molar-refractivity contribution in [1.82, 2.24) is 0 Å². The summed E-state index contributed by atoms with van der Waals surface area (Å²) in [6.07, 6.45) is 9.71. The minimum absolute atomic E-state index is 0.0493. The molecule has 0 unspecified atom stereocenters. The van der Waals surface area contributed by atoms with Gasteiger partial charge in [-0.25, -0.2) is 0 Å². The van der Waals surface area contributed by atoms with E-state index in [9.17, 15) is 9.59 Å². The molecule has 6 fully saturated rings. The molecule has 0 aromatic heterocycles. The average molecular weight is 584 g/mol. The number of rotatable bonds is 0. The first-order chi connectivity index (χ1) is 12.5. The van der Waals surface area contributed by atoms with Gasteiger partial charge in [0, 0.05) is 32.5 Å². The third kappa shape index (κ3) is 3.03. The van der Waals surface area contributed by atoms with E-state index in [0.29, 0.717) is 32.5 Å². The molecule has 0 bridgehead atoms. The molecule has 2 aliphatic heterocycles. The summed E-state index contributed by atoms with van der Waals surface area (Å²) >= 11 is 4.91. The van der Waals surface area contributed by atoms with Gasteiger partial charge in [0.05, 0.1) is 0 Å². The molecule has 0 aromatic carbocycles. The molecule has 2 saturated heterocycles. The molecule has 0 spiro atoms. The van der Waals surface area contributed by atoms with Crippen LogP contribution in [0.5, 0.6) is 0 Å². The molecule has 6 rings (SSSR count). The second kappa shape index (κ2) is 7.02. The lowest BCUT2D eigenvalue weighted by Gasteiger charge is -2.55. The SMILES string of the molecule is O=C1C[C@@H]2C[C@@H]3CC[C@@H](I)[C@H](O1)[C@H]23.O=C1C[C@H]2C[C@H]3CC[C@H](I)[C@@H](O1)[C@H]32. The summed E-state index contributed by atoms with van der Waals surface area (Å²) in [5, 5.41) is 0. The first-order valence-electron chi connectivity index (χ1n) is 10.2. The first-order valence-corrected chi connectivity index (χ1v) is 12.7. The summed E-state index contributed by atoms with van der Waals surface area (Å²) in [7, 11) is 0. The third-order valence-corrected chi connectivity index (χ3v) is 10.5. The second-order valence-corrected chi connectivity index (χ2v) is 12.4. The molecule has 4 saturated carbocycles. The third-order valence-electron chi connectivity index (χ3n) is 7.88. The highest BCUT2D eigenvalue weighted by molar-refractivity contribution is 14.1. The molecule has 0 aromatic rings. The van der Waals surface area contributed by atoms with Gasteiger partial charge in [-0.05, 0) is 62.2 Å². The minimum atomic E-state index is 0.0493. The maximum atomic E-state index is 11.3. The molecule has 4 aliphatic carbocycles. The van der Waals surface area contributed by atoms with Gasteiger partial charge in [-0.1, -0.05) is 45.2 Å². The van der Waals surface area contributed by atoms with E-state index < -0.39 is 0 Å². The van der Waals surface area contributed by atoms with Crippen LogP contribution >= 0.6 is 45.2 Å². The van der Waals surface area contributed by atoms with Crippen LogP contribution in [0.2, 0.25) is 0 Å². The topological polar surface area (TPSA) is 52.6 Å². The van der Waals surface area contributed by atoms with E-state index >= 15 is 0 Å². The van der Waals surface area contributed by atoms with Crippen molar-refractivity contribution in [3.8, 4) is 0 Å². The Bertz CT molecular complexity index is 559. The number of esters is 2. The molecule has 4 nitrogen and oxygen atoms in total. The predicted octanol–water partition coefficient (Wildman–Crippen LogP) is 4.30. The molecule has 10 atom stereocenters. The highest BCUT2D eigenvalue weighted by atomic mass is 127. The summed E-state index contributed by atoms with van der Waals surface area (Å²) in [5.41, 5.74) is 0. The van der Waals surface area contributed by atoms with Crippen LogP contribution in [0.15, 0.2) is 0 Å². The van der Waals surface area contributed by atoms with Crippen molar-refractivity contribution in [3.63, 3.8) is 0 Å². The maximum Gasteiger partial charge on any atom is 0.306 e. The van der Waals surface area contributed by atoms with Gasteiger partial charge in [0.1, 0.15) is 12.2 Å². The maximum absolute atomic E-state index is 11.3. The zero-order chi connectivity index (χ0) is 18.0. The van der Waals surface area contributed by atoms with Gasteiger partial charge in [-0.15, -0.1) is 0 Å². The Hall–Kier alpha value is 0.400. The fourth-order valence-corrected chi connectivity index (χ4v) is 8.58. The monoisotopic (exact) mass is 584 g/mol. The summed E-state index contributed by atoms with van der Waals surface area (Å²) in [5.74, 6) is 4.68. The van der Waals surface area contributed by atoms with E-state index in [-0.39, 0.29) is 24.1 Å². The van der Waals surface area contributed by atoms with Crippen molar-refractivity contribution < 1.29 is 19.1 Å². The van der Waals surface area contributed by atoms with Gasteiger partial charge in [-0.3, -0.25) is 9.59 Å². The number of halogens is 2. The van der Waals surface area contributed by atoms with E-state index in [2.05, 4.69) is 45.2 Å². The average Bonchev–Trinajstić information content (AvgIpc) is 2.56. The molecule has 144 valence electrons. The van der Waals surface area contributed by atoms with Crippen molar-refractivity contribution in [2.75, 3.05) is 0 Å². The highest BCUT2D eigenvalue weighted by Gasteiger charge is 2.55. The van der Waals surface area contributed by atoms with Crippen molar-refractivity contribution in [2.24, 2.45) is 35.5 Å². The van der Waals surface area contributed by atoms with Crippen molar-refractivity contribution in [3.05, 3.63) is 0 Å². The van der Waals surface area contributed by atoms with Gasteiger partial charge in [0.25, 0.3) is 0 Å². The molecule has 26 heavy (non-hydrogen) atoms. The Balaban J connectivity index is 0.000000115. The number of hydrogen-bond acceptors (Lipinski definition) is 4. The van der Waals surface area contributed by atoms with Crippen LogP contribution in [0.25, 0.3) is 0 Å². The van der Waals surface area contributed by atoms with E-state index in [1.165, 1.54) is 38.5 Å². The standard InChI is InChI=1S/2C10H13IO2/c2*11-7-2-1-5-3-6-4-8(12)13-10(7)9(5)6/h2*5-7,9-10H,1-4H2/t2*5-,6-,7+,9-,10-/m10/s1. The molecule has 6 heteroatoms. The van der Waals surface area contributed by atoms with E-state index in [4.69, 9.17) is 9.47 Å². The lowest BCUT2D eigenvalue weighted by molar-refractivity contribution is -0.184. The van der Waals surface area contributed by atoms with E-state index in [1.807, 2.05) is 0 Å². The number of carbonyl (C=O) groups is 2. The smallest absolute Gasteiger partial charge is 0.306 e. The lowest BCUT2D eigenvalue weighted by Crippen LogP contribution is -2.56. The van der Waals surface area contributed by atoms with Crippen LogP contribution in [0.3, 0.4) is 0 Å². The summed E-state index contributed by atoms with van der Waals surface area (Å²) in [4.78, 5) is 22.5. The largest absolute Gasteiger partial charge is 0.461 e. The van der Waals surface area contributed by atoms with Gasteiger partial charge < -0.3 is 9.47 Å². The second-order valence-electron chi connectivity index (χ2n) is 9.17. The van der Waals surface area contributed by atoms with E-state index in [0.717, 1.165) is 23.7 Å². The number of hydrogen-bond donors (Lipinski definition) is 0. The van der Waals surface area contributed by atoms with Gasteiger partial charge in [0.2, 0.25) is 0 Å². The zero-order valence-corrected chi connectivity index (χ0v) is 19.1. The fourth-order valence-electron chi connectivity index (χ4n) is 6.61. The highest BCUT2D eigenvalue weighted by Crippen LogP contribution is 2.56. The van der Waals surface area contributed by atoms with Crippen LogP contribution in [-0.4, -0.2) is 32.0 Å². The van der Waals surface area contributed by atoms with Gasteiger partial charge in [0.15, 0.2) is 0 Å². The molecular formula is C20H26I2O4. The Kier molecular flexibility index (Phi) is 4.98. The lowest BCUT2D eigenvalue weighted by atomic mass is 9.55. The van der Waals surface area contributed by atoms with Crippen LogP contribution in [0, 0.1) is 35.5 Å². The zero-order valence-electron chi connectivity index (χ0n) is 14.8. The van der Waals surface area contributed by atoms with Gasteiger partial charge in [-0.2, -0.15) is 0 Å². The van der Waals surface area contributed by atoms with Gasteiger partial charge >= 0.3 is 11.9 Å². The van der Waals surface area contributed by atoms with Crippen molar-refractivity contribution in [1.29, 1.82) is 0 Å². The fraction of sp³-hybridized carbons (Fsp3) is 0.900. The number of ether oxygens (including phenoxy) is 2. The molecule has 0 N–H and O–H groups in total. The Morgan fingerprint density at radius 2 is 1.08 bits per heavy atom. The van der Waals surface area contributed by atoms with Crippen molar-refractivity contribution in [2.45, 2.75) is 71.4 Å². The van der Waals surface area contributed by atoms with Crippen LogP contribution in [0.4, 0.5) is 0 Å². The van der Waals surface area contributed by atoms with Crippen molar-refractivity contribution >= 4 is 57.1 Å². The summed E-state index contributed by atoms with van der Waals surface area (Å²) in [6.45, 7) is 0. The number of carbonyl (C=O) groups excluding carboxylic acids is 2. The molecule has 0 radical (unpaired) electrons. The Labute approximate surface area is 182 Å². The molecule has 0 amide bonds. The van der Waals surface area contributed by atoms with Crippen LogP contribution in [0.1, 0.15) is 51.4 Å². The Morgan fingerprint density at radius 1 is 0.654 bits per heavy atom. The normalized spacial score (nSPS) is 53.3. The first kappa shape index (κ1) is 18.4. The number of alkyl halides is 2. The molecule has 2 heterocycles. The molecular weight excluding hydrogens is 558 g/mol. The van der Waals surface area contributed by atoms with E-state index in [1.54, 1.807) is 0 Å². The Morgan fingerprint density at radius 3 is 1.50 bits per heavy atom. The van der Waals surface area contributed by atoms with Crippen LogP contribution in [-0.2, 0) is 19.1 Å². The molecule has 6 aliphatic rings.